The Labute approximate surface area is 110 Å². The average Bonchev–Trinajstić information content (AvgIpc) is 2.21. The summed E-state index contributed by atoms with van der Waals surface area (Å²) < 4.78 is 0.842. The zero-order valence-electron chi connectivity index (χ0n) is 8.00. The van der Waals surface area contributed by atoms with Crippen molar-refractivity contribution in [3.63, 3.8) is 0 Å². The first-order valence-corrected chi connectivity index (χ1v) is 5.62. The summed E-state index contributed by atoms with van der Waals surface area (Å²) >= 11 is 7.89. The highest BCUT2D eigenvalue weighted by molar-refractivity contribution is 14.1. The maximum Gasteiger partial charge on any atom is 0.274 e. The Morgan fingerprint density at radius 1 is 1.50 bits per heavy atom. The number of rotatable bonds is 4. The summed E-state index contributed by atoms with van der Waals surface area (Å²) in [7, 11) is 0. The summed E-state index contributed by atoms with van der Waals surface area (Å²) in [5.41, 5.74) is 7.24. The maximum absolute atomic E-state index is 11.4. The van der Waals surface area contributed by atoms with Gasteiger partial charge in [-0.25, -0.2) is 5.48 Å². The second-order valence-electron chi connectivity index (χ2n) is 2.82. The van der Waals surface area contributed by atoms with Gasteiger partial charge < -0.3 is 5.73 Å². The number of carbonyl (C=O) groups is 2. The van der Waals surface area contributed by atoms with Gasteiger partial charge in [0.05, 0.1) is 5.02 Å². The molecule has 0 atom stereocenters. The van der Waals surface area contributed by atoms with Crippen LogP contribution < -0.4 is 11.2 Å². The molecule has 0 unspecified atom stereocenters. The first kappa shape index (κ1) is 13.2. The minimum atomic E-state index is -0.666. The smallest absolute Gasteiger partial charge is 0.274 e. The minimum absolute atomic E-state index is 0.342. The molecule has 16 heavy (non-hydrogen) atoms. The third-order valence-electron chi connectivity index (χ3n) is 1.56. The van der Waals surface area contributed by atoms with E-state index in [-0.39, 0.29) is 6.61 Å². The fraction of sp³-hybridized carbons (Fsp3) is 0.111. The highest BCUT2D eigenvalue weighted by Crippen LogP contribution is 2.19. The number of hydrogen-bond donors (Lipinski definition) is 2. The van der Waals surface area contributed by atoms with Gasteiger partial charge >= 0.3 is 0 Å². The molecule has 0 fully saturated rings. The van der Waals surface area contributed by atoms with Crippen LogP contribution in [0.3, 0.4) is 0 Å². The molecule has 0 aliphatic rings. The molecule has 1 aromatic rings. The average molecular weight is 355 g/mol. The molecule has 86 valence electrons. The minimum Gasteiger partial charge on any atom is -0.368 e. The molecule has 3 N–H and O–H groups in total. The highest BCUT2D eigenvalue weighted by atomic mass is 127. The largest absolute Gasteiger partial charge is 0.368 e. The van der Waals surface area contributed by atoms with Gasteiger partial charge in [-0.1, -0.05) is 11.6 Å². The van der Waals surface area contributed by atoms with Crippen LogP contribution in [0, 0.1) is 3.57 Å². The van der Waals surface area contributed by atoms with Crippen LogP contribution in [0.2, 0.25) is 5.02 Å². The molecule has 0 radical (unpaired) electrons. The molecule has 0 aliphatic heterocycles. The van der Waals surface area contributed by atoms with Crippen LogP contribution in [0.25, 0.3) is 0 Å². The Balaban J connectivity index is 2.59. The first-order chi connectivity index (χ1) is 7.50. The van der Waals surface area contributed by atoms with Crippen molar-refractivity contribution in [2.45, 2.75) is 0 Å². The van der Waals surface area contributed by atoms with Gasteiger partial charge in [0.1, 0.15) is 0 Å². The lowest BCUT2D eigenvalue weighted by Crippen LogP contribution is -2.29. The van der Waals surface area contributed by atoms with Crippen LogP contribution in [-0.2, 0) is 9.63 Å². The fourth-order valence-corrected chi connectivity index (χ4v) is 1.39. The van der Waals surface area contributed by atoms with Crippen molar-refractivity contribution < 1.29 is 14.4 Å². The summed E-state index contributed by atoms with van der Waals surface area (Å²) in [6, 6.07) is 4.80. The van der Waals surface area contributed by atoms with Crippen LogP contribution in [-0.4, -0.2) is 18.4 Å². The van der Waals surface area contributed by atoms with Gasteiger partial charge in [-0.15, -0.1) is 0 Å². The van der Waals surface area contributed by atoms with E-state index >= 15 is 0 Å². The maximum atomic E-state index is 11.4. The Morgan fingerprint density at radius 3 is 2.75 bits per heavy atom. The van der Waals surface area contributed by atoms with E-state index < -0.39 is 11.8 Å². The molecule has 5 nitrogen and oxygen atoms in total. The van der Waals surface area contributed by atoms with Crippen molar-refractivity contribution in [2.75, 3.05) is 6.61 Å². The SMILES string of the molecule is NC(=O)CONC(=O)c1ccc(I)c(Cl)c1. The quantitative estimate of drug-likeness (QED) is 0.627. The Morgan fingerprint density at radius 2 is 2.19 bits per heavy atom. The molecule has 0 spiro atoms. The number of nitrogens with two attached hydrogens (primary N) is 1. The highest BCUT2D eigenvalue weighted by Gasteiger charge is 2.08. The Kier molecular flexibility index (Phi) is 4.97. The van der Waals surface area contributed by atoms with Gasteiger partial charge in [0.2, 0.25) is 5.91 Å². The number of nitrogens with one attached hydrogen (secondary N) is 1. The van der Waals surface area contributed by atoms with E-state index in [9.17, 15) is 9.59 Å². The lowest BCUT2D eigenvalue weighted by Gasteiger charge is -2.05. The molecule has 1 aromatic carbocycles. The van der Waals surface area contributed by atoms with E-state index in [0.29, 0.717) is 10.6 Å². The van der Waals surface area contributed by atoms with Gasteiger partial charge in [0.15, 0.2) is 6.61 Å². The molecule has 0 aliphatic carbocycles. The molecule has 0 heterocycles. The zero-order chi connectivity index (χ0) is 12.1. The van der Waals surface area contributed by atoms with E-state index in [4.69, 9.17) is 17.3 Å². The number of hydroxylamine groups is 1. The van der Waals surface area contributed by atoms with E-state index in [2.05, 4.69) is 10.3 Å². The van der Waals surface area contributed by atoms with Crippen molar-refractivity contribution in [2.24, 2.45) is 5.73 Å². The van der Waals surface area contributed by atoms with Crippen LogP contribution in [0.4, 0.5) is 0 Å². The monoisotopic (exact) mass is 354 g/mol. The van der Waals surface area contributed by atoms with Crippen molar-refractivity contribution in [3.05, 3.63) is 32.4 Å². The molecule has 0 bridgehead atoms. The van der Waals surface area contributed by atoms with Gasteiger partial charge in [0, 0.05) is 9.13 Å². The zero-order valence-corrected chi connectivity index (χ0v) is 10.9. The summed E-state index contributed by atoms with van der Waals surface area (Å²) in [4.78, 5) is 26.3. The van der Waals surface area contributed by atoms with Crippen molar-refractivity contribution in [3.8, 4) is 0 Å². The van der Waals surface area contributed by atoms with Crippen LogP contribution in [0.5, 0.6) is 0 Å². The Hall–Kier alpha value is -0.860. The van der Waals surface area contributed by atoms with E-state index in [1.54, 1.807) is 12.1 Å². The van der Waals surface area contributed by atoms with Crippen LogP contribution >= 0.6 is 34.2 Å². The van der Waals surface area contributed by atoms with Crippen molar-refractivity contribution in [1.29, 1.82) is 0 Å². The number of halogens is 2. The van der Waals surface area contributed by atoms with Gasteiger partial charge in [-0.2, -0.15) is 0 Å². The van der Waals surface area contributed by atoms with E-state index in [1.165, 1.54) is 6.07 Å². The van der Waals surface area contributed by atoms with Gasteiger partial charge in [0.25, 0.3) is 5.91 Å². The summed E-state index contributed by atoms with van der Waals surface area (Å²) in [6.07, 6.45) is 0. The Bertz CT molecular complexity index is 425. The second kappa shape index (κ2) is 6.02. The van der Waals surface area contributed by atoms with E-state index in [0.717, 1.165) is 3.57 Å². The molecule has 7 heteroatoms. The third kappa shape index (κ3) is 3.95. The number of primary amides is 1. The second-order valence-corrected chi connectivity index (χ2v) is 4.38. The van der Waals surface area contributed by atoms with E-state index in [1.807, 2.05) is 22.6 Å². The fourth-order valence-electron chi connectivity index (χ4n) is 0.869. The number of hydrogen-bond acceptors (Lipinski definition) is 3. The molecule has 1 rings (SSSR count). The predicted octanol–water partition coefficient (Wildman–Crippen LogP) is 1.09. The standard InChI is InChI=1S/C9H8ClIN2O3/c10-6-3-5(1-2-7(6)11)9(15)13-16-4-8(12)14/h1-3H,4H2,(H2,12,14)(H,13,15). The summed E-state index contributed by atoms with van der Waals surface area (Å²) in [5, 5.41) is 0.475. The predicted molar refractivity (Wildman–Crippen MR) is 66.8 cm³/mol. The van der Waals surface area contributed by atoms with Crippen LogP contribution in [0.15, 0.2) is 18.2 Å². The molecular weight excluding hydrogens is 346 g/mol. The number of amides is 2. The van der Waals surface area contributed by atoms with Crippen molar-refractivity contribution >= 4 is 46.0 Å². The molecule has 2 amide bonds. The van der Waals surface area contributed by atoms with Gasteiger partial charge in [-0.3, -0.25) is 14.4 Å². The molecule has 0 saturated heterocycles. The van der Waals surface area contributed by atoms with Gasteiger partial charge in [-0.05, 0) is 40.8 Å². The first-order valence-electron chi connectivity index (χ1n) is 4.16. The topological polar surface area (TPSA) is 81.4 Å². The molecule has 0 aromatic heterocycles. The molecular formula is C9H8ClIN2O3. The normalized spacial score (nSPS) is 9.88. The number of carbonyl (C=O) groups excluding carboxylic acids is 2. The lowest BCUT2D eigenvalue weighted by atomic mass is 10.2. The van der Waals surface area contributed by atoms with Crippen molar-refractivity contribution in [1.82, 2.24) is 5.48 Å². The summed E-state index contributed by atoms with van der Waals surface area (Å²) in [6.45, 7) is -0.371. The summed E-state index contributed by atoms with van der Waals surface area (Å²) in [5.74, 6) is -1.15. The number of benzene rings is 1. The molecule has 0 saturated carbocycles. The lowest BCUT2D eigenvalue weighted by molar-refractivity contribution is -0.124. The van der Waals surface area contributed by atoms with Crippen LogP contribution in [0.1, 0.15) is 10.4 Å². The third-order valence-corrected chi connectivity index (χ3v) is 3.13.